The van der Waals surface area contributed by atoms with E-state index in [1.54, 1.807) is 0 Å². The van der Waals surface area contributed by atoms with Crippen molar-refractivity contribution in [1.82, 2.24) is 19.5 Å². The summed E-state index contributed by atoms with van der Waals surface area (Å²) in [5.74, 6) is -0.281. The van der Waals surface area contributed by atoms with E-state index in [1.807, 2.05) is 0 Å². The molecule has 0 radical (unpaired) electrons. The van der Waals surface area contributed by atoms with Gasteiger partial charge in [-0.3, -0.25) is 18.9 Å². The summed E-state index contributed by atoms with van der Waals surface area (Å²) in [4.78, 5) is 57.6. The number of aromatic nitrogens is 4. The molecule has 0 spiro atoms. The van der Waals surface area contributed by atoms with Crippen LogP contribution in [-0.4, -0.2) is 73.7 Å². The Morgan fingerprint density at radius 2 is 1.88 bits per heavy atom. The highest BCUT2D eigenvalue weighted by atomic mass is 31.3. The van der Waals surface area contributed by atoms with Gasteiger partial charge in [0.05, 0.1) is 12.9 Å². The highest BCUT2D eigenvalue weighted by molar-refractivity contribution is 7.66. The molecule has 33 heavy (non-hydrogen) atoms. The van der Waals surface area contributed by atoms with E-state index >= 15 is 0 Å². The molecule has 19 nitrogen and oxygen atoms in total. The van der Waals surface area contributed by atoms with Gasteiger partial charge in [0.25, 0.3) is 5.56 Å². The molecule has 0 saturated carbocycles. The Balaban J connectivity index is 1.78. The first-order valence-corrected chi connectivity index (χ1v) is 13.0. The zero-order chi connectivity index (χ0) is 25.0. The van der Waals surface area contributed by atoms with E-state index in [1.165, 1.54) is 0 Å². The number of phosphoric ester groups is 1. The number of rotatable bonds is 8. The van der Waals surface area contributed by atoms with Crippen molar-refractivity contribution < 1.29 is 61.4 Å². The van der Waals surface area contributed by atoms with Crippen molar-refractivity contribution in [2.24, 2.45) is 0 Å². The number of nitrogen functional groups attached to an aromatic ring is 1. The number of fused-ring (bicyclic) bond motifs is 1. The van der Waals surface area contributed by atoms with E-state index in [4.69, 9.17) is 25.2 Å². The fourth-order valence-electron chi connectivity index (χ4n) is 2.96. The van der Waals surface area contributed by atoms with E-state index in [0.29, 0.717) is 0 Å². The van der Waals surface area contributed by atoms with Crippen LogP contribution in [-0.2, 0) is 31.6 Å². The second kappa shape index (κ2) is 8.58. The highest BCUT2D eigenvalue weighted by Crippen LogP contribution is 2.66. The van der Waals surface area contributed by atoms with Gasteiger partial charge in [0, 0.05) is 0 Å². The summed E-state index contributed by atoms with van der Waals surface area (Å²) in [6, 6.07) is 0. The number of nitrogens with zero attached hydrogens (tertiary/aromatic N) is 3. The Labute approximate surface area is 182 Å². The van der Waals surface area contributed by atoms with Gasteiger partial charge < -0.3 is 40.3 Å². The predicted molar refractivity (Wildman–Crippen MR) is 103 cm³/mol. The van der Waals surface area contributed by atoms with E-state index in [-0.39, 0.29) is 17.1 Å². The van der Waals surface area contributed by atoms with E-state index < -0.39 is 59.7 Å². The summed E-state index contributed by atoms with van der Waals surface area (Å²) >= 11 is 0. The van der Waals surface area contributed by atoms with Crippen molar-refractivity contribution in [3.8, 4) is 0 Å². The lowest BCUT2D eigenvalue weighted by atomic mass is 9.96. The molecule has 186 valence electrons. The number of phosphoric acid groups is 3. The Morgan fingerprint density at radius 1 is 1.24 bits per heavy atom. The molecule has 3 rings (SSSR count). The van der Waals surface area contributed by atoms with Crippen molar-refractivity contribution in [3.05, 3.63) is 16.7 Å². The van der Waals surface area contributed by atoms with Crippen molar-refractivity contribution in [2.45, 2.75) is 31.0 Å². The number of imidazole rings is 1. The molecule has 0 amide bonds. The lowest BCUT2D eigenvalue weighted by Crippen LogP contribution is -2.44. The number of anilines is 1. The summed E-state index contributed by atoms with van der Waals surface area (Å²) in [5.41, 5.74) is 2.40. The molecule has 0 aliphatic carbocycles. The standard InChI is InChI=1S/C11H18N5O14P3/c1-11(19)6(17)4(2-27-32(23,24)30-33(25,26)29-31(20,21)22)28-9(11)16-3-13-5-7(16)14-10(12)15-8(5)18/h3-4,6,9,17,19H,2H2,1H3,(H,23,24)(H,25,26)(H2,20,21,22)(H3,12,14,15,18)/t4?,6-,9+,11?/m0/s1. The summed E-state index contributed by atoms with van der Waals surface area (Å²) in [6.45, 7) is 0.0931. The fourth-order valence-corrected chi connectivity index (χ4v) is 5.99. The maximum atomic E-state index is 11.9. The third-order valence-corrected chi connectivity index (χ3v) is 8.08. The molecule has 9 N–H and O–H groups in total. The Kier molecular flexibility index (Phi) is 6.78. The summed E-state index contributed by atoms with van der Waals surface area (Å²) in [5, 5.41) is 21.1. The lowest BCUT2D eigenvalue weighted by Gasteiger charge is -2.27. The van der Waals surface area contributed by atoms with Crippen LogP contribution in [0.5, 0.6) is 0 Å². The monoisotopic (exact) mass is 537 g/mol. The van der Waals surface area contributed by atoms with Crippen molar-refractivity contribution in [3.63, 3.8) is 0 Å². The number of nitrogens with one attached hydrogen (secondary N) is 1. The van der Waals surface area contributed by atoms with Crippen LogP contribution in [0.4, 0.5) is 5.95 Å². The average Bonchev–Trinajstić information content (AvgIpc) is 3.10. The lowest BCUT2D eigenvalue weighted by molar-refractivity contribution is -0.0949. The first-order valence-electron chi connectivity index (χ1n) is 8.48. The van der Waals surface area contributed by atoms with Crippen molar-refractivity contribution in [1.29, 1.82) is 0 Å². The molecule has 6 atom stereocenters. The van der Waals surface area contributed by atoms with Crippen LogP contribution < -0.4 is 11.3 Å². The minimum absolute atomic E-state index is 0.123. The van der Waals surface area contributed by atoms with Gasteiger partial charge >= 0.3 is 23.5 Å². The van der Waals surface area contributed by atoms with Crippen LogP contribution in [0.25, 0.3) is 11.2 Å². The zero-order valence-electron chi connectivity index (χ0n) is 16.2. The molecular weight excluding hydrogens is 519 g/mol. The summed E-state index contributed by atoms with van der Waals surface area (Å²) in [6.07, 6.45) is -3.78. The number of hydrogen-bond donors (Lipinski definition) is 8. The fraction of sp³-hybridized carbons (Fsp3) is 0.545. The Bertz CT molecular complexity index is 1250. The van der Waals surface area contributed by atoms with E-state index in [2.05, 4.69) is 28.1 Å². The molecule has 2 aromatic heterocycles. The number of aromatic amines is 1. The largest absolute Gasteiger partial charge is 0.490 e. The molecule has 1 saturated heterocycles. The highest BCUT2D eigenvalue weighted by Gasteiger charge is 2.54. The molecule has 2 aromatic rings. The second-order valence-corrected chi connectivity index (χ2v) is 11.3. The van der Waals surface area contributed by atoms with Gasteiger partial charge in [-0.15, -0.1) is 0 Å². The molecule has 4 unspecified atom stereocenters. The Morgan fingerprint density at radius 3 is 2.48 bits per heavy atom. The molecule has 1 aliphatic rings. The Hall–Kier alpha value is -1.56. The van der Waals surface area contributed by atoms with Crippen LogP contribution in [0, 0.1) is 0 Å². The smallest absolute Gasteiger partial charge is 0.387 e. The van der Waals surface area contributed by atoms with Crippen molar-refractivity contribution in [2.75, 3.05) is 12.3 Å². The summed E-state index contributed by atoms with van der Waals surface area (Å²) < 4.78 is 52.0. The number of aliphatic hydroxyl groups excluding tert-OH is 1. The number of H-pyrrole nitrogens is 1. The molecule has 1 fully saturated rings. The molecule has 0 aromatic carbocycles. The number of nitrogens with two attached hydrogens (primary N) is 1. The van der Waals surface area contributed by atoms with Gasteiger partial charge in [-0.2, -0.15) is 13.6 Å². The van der Waals surface area contributed by atoms with Crippen molar-refractivity contribution >= 4 is 40.6 Å². The predicted octanol–water partition coefficient (Wildman–Crippen LogP) is -1.95. The van der Waals surface area contributed by atoms with Crippen LogP contribution in [0.15, 0.2) is 11.1 Å². The zero-order valence-corrected chi connectivity index (χ0v) is 18.9. The van der Waals surface area contributed by atoms with Gasteiger partial charge in [0.15, 0.2) is 17.4 Å². The molecular formula is C11H18N5O14P3. The quantitative estimate of drug-likeness (QED) is 0.170. The van der Waals surface area contributed by atoms with Crippen LogP contribution in [0.3, 0.4) is 0 Å². The van der Waals surface area contributed by atoms with Crippen LogP contribution in [0.2, 0.25) is 0 Å². The normalized spacial score (nSPS) is 29.7. The van der Waals surface area contributed by atoms with Gasteiger partial charge in [0.2, 0.25) is 5.95 Å². The van der Waals surface area contributed by atoms with Crippen LogP contribution in [0.1, 0.15) is 13.2 Å². The van der Waals surface area contributed by atoms with E-state index in [9.17, 15) is 33.6 Å². The van der Waals surface area contributed by atoms with Crippen LogP contribution >= 0.6 is 23.5 Å². The van der Waals surface area contributed by atoms with Gasteiger partial charge in [-0.05, 0) is 6.92 Å². The minimum Gasteiger partial charge on any atom is -0.387 e. The van der Waals surface area contributed by atoms with E-state index in [0.717, 1.165) is 17.8 Å². The minimum atomic E-state index is -5.75. The second-order valence-electron chi connectivity index (χ2n) is 6.86. The summed E-state index contributed by atoms with van der Waals surface area (Å²) in [7, 11) is -16.8. The number of hydrogen-bond acceptors (Lipinski definition) is 13. The molecule has 22 heteroatoms. The third-order valence-electron chi connectivity index (χ3n) is 4.28. The molecule has 3 heterocycles. The first kappa shape index (κ1) is 26.1. The average molecular weight is 537 g/mol. The van der Waals surface area contributed by atoms with Gasteiger partial charge in [-0.1, -0.05) is 0 Å². The molecule has 0 bridgehead atoms. The number of aliphatic hydroxyl groups is 2. The third kappa shape index (κ3) is 5.75. The SMILES string of the molecule is CC1(O)[C@@H](O)C(COP(=O)(O)OP(=O)(O)OP(=O)(O)O)O[C@H]1n1cnc2c(=O)[nH]c(N)nc21. The topological polar surface area (TPSA) is 299 Å². The van der Waals surface area contributed by atoms with Gasteiger partial charge in [0.1, 0.15) is 17.8 Å². The maximum absolute atomic E-state index is 11.9. The molecule has 1 aliphatic heterocycles. The maximum Gasteiger partial charge on any atom is 0.490 e. The number of ether oxygens (including phenoxy) is 1. The first-order chi connectivity index (χ1) is 14.9. The van der Waals surface area contributed by atoms with Gasteiger partial charge in [-0.25, -0.2) is 18.7 Å².